The second kappa shape index (κ2) is 5.13. The summed E-state index contributed by atoms with van der Waals surface area (Å²) in [6.45, 7) is 1.98. The van der Waals surface area contributed by atoms with Crippen LogP contribution in [-0.4, -0.2) is 15.1 Å². The Morgan fingerprint density at radius 1 is 1.20 bits per heavy atom. The van der Waals surface area contributed by atoms with Crippen LogP contribution in [0.1, 0.15) is 17.1 Å². The van der Waals surface area contributed by atoms with Gasteiger partial charge in [0.05, 0.1) is 6.42 Å². The number of aromatic nitrogens is 3. The van der Waals surface area contributed by atoms with E-state index in [2.05, 4.69) is 15.1 Å². The second-order valence-corrected chi connectivity index (χ2v) is 4.59. The highest BCUT2D eigenvalue weighted by Crippen LogP contribution is 2.24. The molecule has 0 saturated carbocycles. The molecule has 0 amide bonds. The molecule has 3 rings (SSSR count). The monoisotopic (exact) mass is 266 g/mol. The van der Waals surface area contributed by atoms with Gasteiger partial charge in [0.25, 0.3) is 5.89 Å². The SMILES string of the molecule is Cc1ccc(N)cc1-c1nc(Cc2ccccn2)no1. The van der Waals surface area contributed by atoms with Gasteiger partial charge in [-0.25, -0.2) is 0 Å². The van der Waals surface area contributed by atoms with Crippen molar-refractivity contribution in [3.05, 3.63) is 59.7 Å². The van der Waals surface area contributed by atoms with E-state index in [0.29, 0.717) is 23.8 Å². The Labute approximate surface area is 116 Å². The van der Waals surface area contributed by atoms with Gasteiger partial charge in [-0.15, -0.1) is 0 Å². The molecule has 20 heavy (non-hydrogen) atoms. The van der Waals surface area contributed by atoms with Gasteiger partial charge in [0.15, 0.2) is 5.82 Å². The van der Waals surface area contributed by atoms with E-state index < -0.39 is 0 Å². The van der Waals surface area contributed by atoms with Gasteiger partial charge in [0, 0.05) is 23.1 Å². The summed E-state index contributed by atoms with van der Waals surface area (Å²) in [6, 6.07) is 11.4. The van der Waals surface area contributed by atoms with Crippen LogP contribution in [0.2, 0.25) is 0 Å². The quantitative estimate of drug-likeness (QED) is 0.737. The molecule has 3 aromatic rings. The van der Waals surface area contributed by atoms with Crippen molar-refractivity contribution in [3.8, 4) is 11.5 Å². The lowest BCUT2D eigenvalue weighted by Gasteiger charge is -2.01. The smallest absolute Gasteiger partial charge is 0.258 e. The molecule has 2 heterocycles. The summed E-state index contributed by atoms with van der Waals surface area (Å²) >= 11 is 0. The van der Waals surface area contributed by atoms with E-state index in [4.69, 9.17) is 10.3 Å². The topological polar surface area (TPSA) is 77.8 Å². The zero-order valence-electron chi connectivity index (χ0n) is 11.1. The first-order valence-corrected chi connectivity index (χ1v) is 6.31. The number of aryl methyl sites for hydroxylation is 1. The highest BCUT2D eigenvalue weighted by molar-refractivity contribution is 5.63. The van der Waals surface area contributed by atoms with Crippen LogP contribution in [0, 0.1) is 6.92 Å². The van der Waals surface area contributed by atoms with E-state index in [-0.39, 0.29) is 0 Å². The van der Waals surface area contributed by atoms with Crippen LogP contribution >= 0.6 is 0 Å². The second-order valence-electron chi connectivity index (χ2n) is 4.59. The molecule has 0 aliphatic heterocycles. The first-order valence-electron chi connectivity index (χ1n) is 6.31. The van der Waals surface area contributed by atoms with Crippen molar-refractivity contribution in [3.63, 3.8) is 0 Å². The largest absolute Gasteiger partial charge is 0.399 e. The Kier molecular flexibility index (Phi) is 3.16. The molecule has 2 aromatic heterocycles. The summed E-state index contributed by atoms with van der Waals surface area (Å²) < 4.78 is 5.31. The number of nitrogen functional groups attached to an aromatic ring is 1. The number of hydrogen-bond acceptors (Lipinski definition) is 5. The fourth-order valence-corrected chi connectivity index (χ4v) is 1.97. The summed E-state index contributed by atoms with van der Waals surface area (Å²) in [5, 5.41) is 3.99. The average Bonchev–Trinajstić information content (AvgIpc) is 2.91. The summed E-state index contributed by atoms with van der Waals surface area (Å²) in [5.41, 5.74) is 9.29. The number of anilines is 1. The van der Waals surface area contributed by atoms with Gasteiger partial charge in [0.2, 0.25) is 0 Å². The average molecular weight is 266 g/mol. The van der Waals surface area contributed by atoms with Crippen LogP contribution in [-0.2, 0) is 6.42 Å². The number of rotatable bonds is 3. The molecule has 0 fully saturated rings. The molecular weight excluding hydrogens is 252 g/mol. The molecular formula is C15H14N4O. The Bertz CT molecular complexity index is 722. The Balaban J connectivity index is 1.88. The zero-order valence-corrected chi connectivity index (χ0v) is 11.1. The normalized spacial score (nSPS) is 10.7. The summed E-state index contributed by atoms with van der Waals surface area (Å²) in [4.78, 5) is 8.65. The lowest BCUT2D eigenvalue weighted by molar-refractivity contribution is 0.423. The Morgan fingerprint density at radius 2 is 2.10 bits per heavy atom. The van der Waals surface area contributed by atoms with E-state index in [1.807, 2.05) is 43.3 Å². The van der Waals surface area contributed by atoms with Crippen molar-refractivity contribution >= 4 is 5.69 Å². The van der Waals surface area contributed by atoms with Crippen molar-refractivity contribution in [1.82, 2.24) is 15.1 Å². The van der Waals surface area contributed by atoms with E-state index in [1.165, 1.54) is 0 Å². The summed E-state index contributed by atoms with van der Waals surface area (Å²) in [7, 11) is 0. The highest BCUT2D eigenvalue weighted by atomic mass is 16.5. The lowest BCUT2D eigenvalue weighted by atomic mass is 10.1. The van der Waals surface area contributed by atoms with E-state index in [9.17, 15) is 0 Å². The van der Waals surface area contributed by atoms with Gasteiger partial charge in [0.1, 0.15) is 0 Å². The van der Waals surface area contributed by atoms with Gasteiger partial charge >= 0.3 is 0 Å². The van der Waals surface area contributed by atoms with Crippen molar-refractivity contribution in [2.75, 3.05) is 5.73 Å². The minimum atomic E-state index is 0.487. The van der Waals surface area contributed by atoms with Crippen molar-refractivity contribution in [2.24, 2.45) is 0 Å². The third-order valence-corrected chi connectivity index (χ3v) is 3.03. The van der Waals surface area contributed by atoms with Crippen LogP contribution in [0.4, 0.5) is 5.69 Å². The standard InChI is InChI=1S/C15H14N4O/c1-10-5-6-11(16)8-13(10)15-18-14(19-20-15)9-12-4-2-3-7-17-12/h2-8H,9,16H2,1H3. The number of nitrogens with two attached hydrogens (primary N) is 1. The third kappa shape index (κ3) is 2.51. The van der Waals surface area contributed by atoms with Gasteiger partial charge in [-0.2, -0.15) is 4.98 Å². The first kappa shape index (κ1) is 12.3. The Hall–Kier alpha value is -2.69. The molecule has 0 aliphatic rings. The first-order chi connectivity index (χ1) is 9.72. The molecule has 2 N–H and O–H groups in total. The predicted molar refractivity (Wildman–Crippen MR) is 75.9 cm³/mol. The maximum Gasteiger partial charge on any atom is 0.258 e. The molecule has 5 heteroatoms. The maximum absolute atomic E-state index is 5.80. The molecule has 0 radical (unpaired) electrons. The molecule has 0 aliphatic carbocycles. The third-order valence-electron chi connectivity index (χ3n) is 3.03. The van der Waals surface area contributed by atoms with Gasteiger partial charge in [-0.1, -0.05) is 17.3 Å². The minimum absolute atomic E-state index is 0.487. The molecule has 5 nitrogen and oxygen atoms in total. The maximum atomic E-state index is 5.80. The zero-order chi connectivity index (χ0) is 13.9. The molecule has 0 saturated heterocycles. The van der Waals surface area contributed by atoms with E-state index >= 15 is 0 Å². The summed E-state index contributed by atoms with van der Waals surface area (Å²) in [6.07, 6.45) is 2.30. The number of pyridine rings is 1. The van der Waals surface area contributed by atoms with Crippen LogP contribution in [0.3, 0.4) is 0 Å². The molecule has 100 valence electrons. The number of benzene rings is 1. The Morgan fingerprint density at radius 3 is 2.90 bits per heavy atom. The summed E-state index contributed by atoms with van der Waals surface area (Å²) in [5.74, 6) is 1.10. The predicted octanol–water partition coefficient (Wildman–Crippen LogP) is 2.61. The van der Waals surface area contributed by atoms with Gasteiger partial charge in [-0.3, -0.25) is 4.98 Å². The van der Waals surface area contributed by atoms with Gasteiger partial charge < -0.3 is 10.3 Å². The van der Waals surface area contributed by atoms with Crippen molar-refractivity contribution in [2.45, 2.75) is 13.3 Å². The fourth-order valence-electron chi connectivity index (χ4n) is 1.97. The molecule has 0 unspecified atom stereocenters. The minimum Gasteiger partial charge on any atom is -0.399 e. The fraction of sp³-hybridized carbons (Fsp3) is 0.133. The lowest BCUT2D eigenvalue weighted by Crippen LogP contribution is -1.93. The molecule has 1 aromatic carbocycles. The highest BCUT2D eigenvalue weighted by Gasteiger charge is 2.12. The number of nitrogens with zero attached hydrogens (tertiary/aromatic N) is 3. The number of hydrogen-bond donors (Lipinski definition) is 1. The van der Waals surface area contributed by atoms with Crippen LogP contribution in [0.25, 0.3) is 11.5 Å². The van der Waals surface area contributed by atoms with Crippen molar-refractivity contribution in [1.29, 1.82) is 0 Å². The van der Waals surface area contributed by atoms with Crippen LogP contribution in [0.15, 0.2) is 47.1 Å². The van der Waals surface area contributed by atoms with Gasteiger partial charge in [-0.05, 0) is 36.8 Å². The van der Waals surface area contributed by atoms with E-state index in [1.54, 1.807) is 6.20 Å². The van der Waals surface area contributed by atoms with E-state index in [0.717, 1.165) is 16.8 Å². The molecule has 0 spiro atoms. The van der Waals surface area contributed by atoms with Crippen molar-refractivity contribution < 1.29 is 4.52 Å². The molecule has 0 atom stereocenters. The molecule has 0 bridgehead atoms. The van der Waals surface area contributed by atoms with Crippen LogP contribution < -0.4 is 5.73 Å². The van der Waals surface area contributed by atoms with Crippen LogP contribution in [0.5, 0.6) is 0 Å².